The average Bonchev–Trinajstić information content (AvgIpc) is 3.13. The first-order valence-corrected chi connectivity index (χ1v) is 9.97. The number of hydrogen-bond donors (Lipinski definition) is 1. The number of ether oxygens (including phenoxy) is 1. The smallest absolute Gasteiger partial charge is 0.312 e. The van der Waals surface area contributed by atoms with Crippen LogP contribution >= 0.6 is 11.3 Å². The maximum atomic E-state index is 13.6. The molecule has 1 atom stereocenters. The number of thiazole rings is 1. The second-order valence-corrected chi connectivity index (χ2v) is 7.63. The van der Waals surface area contributed by atoms with Crippen LogP contribution in [-0.4, -0.2) is 23.0 Å². The zero-order valence-electron chi connectivity index (χ0n) is 16.4. The first kappa shape index (κ1) is 20.7. The van der Waals surface area contributed by atoms with Crippen LogP contribution in [0.15, 0.2) is 47.8 Å². The second kappa shape index (κ2) is 8.96. The molecule has 3 aromatic rings. The van der Waals surface area contributed by atoms with Crippen molar-refractivity contribution in [3.05, 3.63) is 70.5 Å². The van der Waals surface area contributed by atoms with Crippen LogP contribution in [0.5, 0.6) is 0 Å². The van der Waals surface area contributed by atoms with Gasteiger partial charge in [0.05, 0.1) is 12.1 Å². The Morgan fingerprint density at radius 3 is 2.72 bits per heavy atom. The normalized spacial score (nSPS) is 11.7. The van der Waals surface area contributed by atoms with Crippen LogP contribution in [0.1, 0.15) is 23.7 Å². The number of benzene rings is 2. The summed E-state index contributed by atoms with van der Waals surface area (Å²) in [5, 5.41) is 5.17. The number of amides is 1. The number of aromatic nitrogens is 1. The number of anilines is 1. The van der Waals surface area contributed by atoms with Crippen LogP contribution in [0.25, 0.3) is 10.6 Å². The zero-order valence-corrected chi connectivity index (χ0v) is 17.2. The van der Waals surface area contributed by atoms with Gasteiger partial charge in [-0.1, -0.05) is 29.8 Å². The summed E-state index contributed by atoms with van der Waals surface area (Å²) in [7, 11) is 0. The number of carbonyl (C=O) groups excluding carboxylic acids is 2. The molecule has 0 aliphatic heterocycles. The third-order valence-electron chi connectivity index (χ3n) is 4.26. The lowest BCUT2D eigenvalue weighted by Crippen LogP contribution is -2.30. The van der Waals surface area contributed by atoms with E-state index in [4.69, 9.17) is 4.74 Å². The number of hydrogen-bond acceptors (Lipinski definition) is 5. The van der Waals surface area contributed by atoms with Crippen molar-refractivity contribution in [3.63, 3.8) is 0 Å². The SMILES string of the molecule is Cc1cccc(-c2nc(CC(=O)O[C@H](C)C(=O)Nc3ccc(C)c(F)c3)cs2)c1. The van der Waals surface area contributed by atoms with Crippen LogP contribution in [0.3, 0.4) is 0 Å². The first-order valence-electron chi connectivity index (χ1n) is 9.10. The maximum Gasteiger partial charge on any atom is 0.312 e. The second-order valence-electron chi connectivity index (χ2n) is 6.78. The molecule has 1 heterocycles. The van der Waals surface area contributed by atoms with Crippen LogP contribution in [0.2, 0.25) is 0 Å². The Bertz CT molecular complexity index is 1050. The van der Waals surface area contributed by atoms with Gasteiger partial charge >= 0.3 is 5.97 Å². The van der Waals surface area contributed by atoms with E-state index < -0.39 is 23.8 Å². The van der Waals surface area contributed by atoms with Crippen molar-refractivity contribution >= 4 is 28.9 Å². The minimum Gasteiger partial charge on any atom is -0.452 e. The van der Waals surface area contributed by atoms with Crippen LogP contribution in [0.4, 0.5) is 10.1 Å². The highest BCUT2D eigenvalue weighted by Crippen LogP contribution is 2.24. The molecule has 0 spiro atoms. The molecule has 1 N–H and O–H groups in total. The number of nitrogens with one attached hydrogen (secondary N) is 1. The summed E-state index contributed by atoms with van der Waals surface area (Å²) < 4.78 is 18.8. The van der Waals surface area contributed by atoms with Crippen molar-refractivity contribution in [2.75, 3.05) is 5.32 Å². The van der Waals surface area contributed by atoms with Gasteiger partial charge in [-0.15, -0.1) is 11.3 Å². The van der Waals surface area contributed by atoms with Crippen molar-refractivity contribution in [2.45, 2.75) is 33.3 Å². The van der Waals surface area contributed by atoms with Gasteiger partial charge in [0.25, 0.3) is 5.91 Å². The Labute approximate surface area is 172 Å². The molecule has 0 fully saturated rings. The van der Waals surface area contributed by atoms with E-state index in [1.165, 1.54) is 24.3 Å². The van der Waals surface area contributed by atoms with Crippen LogP contribution in [0, 0.1) is 19.7 Å². The highest BCUT2D eigenvalue weighted by Gasteiger charge is 2.19. The van der Waals surface area contributed by atoms with Crippen molar-refractivity contribution in [3.8, 4) is 10.6 Å². The molecule has 3 rings (SSSR count). The highest BCUT2D eigenvalue weighted by molar-refractivity contribution is 7.13. The first-order chi connectivity index (χ1) is 13.8. The molecule has 29 heavy (non-hydrogen) atoms. The highest BCUT2D eigenvalue weighted by atomic mass is 32.1. The van der Waals surface area contributed by atoms with Gasteiger partial charge in [0.2, 0.25) is 0 Å². The molecule has 1 aromatic heterocycles. The summed E-state index contributed by atoms with van der Waals surface area (Å²) >= 11 is 1.45. The molecule has 0 saturated heterocycles. The number of rotatable bonds is 6. The maximum absolute atomic E-state index is 13.6. The van der Waals surface area contributed by atoms with Gasteiger partial charge in [-0.2, -0.15) is 0 Å². The predicted molar refractivity (Wildman–Crippen MR) is 111 cm³/mol. The van der Waals surface area contributed by atoms with Crippen molar-refractivity contribution in [1.82, 2.24) is 4.98 Å². The predicted octanol–water partition coefficient (Wildman–Crippen LogP) is 4.68. The van der Waals surface area contributed by atoms with Gasteiger partial charge in [0.1, 0.15) is 10.8 Å². The molecule has 0 unspecified atom stereocenters. The van der Waals surface area contributed by atoms with Gasteiger partial charge in [0.15, 0.2) is 6.10 Å². The van der Waals surface area contributed by atoms with E-state index in [0.717, 1.165) is 16.1 Å². The number of esters is 1. The standard InChI is InChI=1S/C22H21FN2O3S/c1-13-5-4-6-16(9-13)22-25-18(12-29-22)11-20(26)28-15(3)21(27)24-17-8-7-14(2)19(23)10-17/h4-10,12,15H,11H2,1-3H3,(H,24,27)/t15-/m1/s1. The molecule has 0 saturated carbocycles. The molecular formula is C22H21FN2O3S. The van der Waals surface area contributed by atoms with Crippen LogP contribution in [-0.2, 0) is 20.7 Å². The van der Waals surface area contributed by atoms with Gasteiger partial charge in [-0.05, 0) is 44.5 Å². The average molecular weight is 412 g/mol. The molecule has 7 heteroatoms. The Kier molecular flexibility index (Phi) is 6.39. The lowest BCUT2D eigenvalue weighted by Gasteiger charge is -2.13. The number of aryl methyl sites for hydroxylation is 2. The van der Waals surface area contributed by atoms with Gasteiger partial charge in [-0.25, -0.2) is 9.37 Å². The van der Waals surface area contributed by atoms with Gasteiger partial charge in [-0.3, -0.25) is 9.59 Å². The molecule has 2 aromatic carbocycles. The van der Waals surface area contributed by atoms with E-state index in [1.807, 2.05) is 31.2 Å². The minimum atomic E-state index is -1.01. The summed E-state index contributed by atoms with van der Waals surface area (Å²) in [6.07, 6.45) is -1.04. The topological polar surface area (TPSA) is 68.3 Å². The fourth-order valence-electron chi connectivity index (χ4n) is 2.65. The van der Waals surface area contributed by atoms with Gasteiger partial charge < -0.3 is 10.1 Å². The fraction of sp³-hybridized carbons (Fsp3) is 0.227. The molecule has 0 bridgehead atoms. The molecule has 0 aliphatic rings. The zero-order chi connectivity index (χ0) is 21.0. The molecule has 0 aliphatic carbocycles. The summed E-state index contributed by atoms with van der Waals surface area (Å²) in [6, 6.07) is 12.3. The van der Waals surface area contributed by atoms with Crippen molar-refractivity contribution < 1.29 is 18.7 Å². The summed E-state index contributed by atoms with van der Waals surface area (Å²) in [5.41, 5.74) is 3.50. The Balaban J connectivity index is 1.56. The molecule has 150 valence electrons. The third-order valence-corrected chi connectivity index (χ3v) is 5.20. The molecule has 5 nitrogen and oxygen atoms in total. The third kappa shape index (κ3) is 5.48. The summed E-state index contributed by atoms with van der Waals surface area (Å²) in [6.45, 7) is 5.11. The fourth-order valence-corrected chi connectivity index (χ4v) is 3.47. The van der Waals surface area contributed by atoms with E-state index in [2.05, 4.69) is 10.3 Å². The van der Waals surface area contributed by atoms with Gasteiger partial charge in [0, 0.05) is 16.6 Å². The minimum absolute atomic E-state index is 0.0287. The Hall–Kier alpha value is -3.06. The van der Waals surface area contributed by atoms with E-state index in [0.29, 0.717) is 16.9 Å². The van der Waals surface area contributed by atoms with E-state index in [-0.39, 0.29) is 6.42 Å². The Morgan fingerprint density at radius 2 is 2.00 bits per heavy atom. The van der Waals surface area contributed by atoms with E-state index in [1.54, 1.807) is 24.4 Å². The Morgan fingerprint density at radius 1 is 1.21 bits per heavy atom. The van der Waals surface area contributed by atoms with Crippen LogP contribution < -0.4 is 5.32 Å². The monoisotopic (exact) mass is 412 g/mol. The summed E-state index contributed by atoms with van der Waals surface area (Å²) in [4.78, 5) is 28.8. The van der Waals surface area contributed by atoms with E-state index >= 15 is 0 Å². The molecule has 0 radical (unpaired) electrons. The van der Waals surface area contributed by atoms with E-state index in [9.17, 15) is 14.0 Å². The largest absolute Gasteiger partial charge is 0.452 e. The number of halogens is 1. The lowest BCUT2D eigenvalue weighted by molar-refractivity contribution is -0.152. The number of nitrogens with zero attached hydrogens (tertiary/aromatic N) is 1. The number of carbonyl (C=O) groups is 2. The quantitative estimate of drug-likeness (QED) is 0.597. The van der Waals surface area contributed by atoms with Crippen molar-refractivity contribution in [1.29, 1.82) is 0 Å². The van der Waals surface area contributed by atoms with Crippen molar-refractivity contribution in [2.24, 2.45) is 0 Å². The summed E-state index contributed by atoms with van der Waals surface area (Å²) in [5.74, 6) is -1.50. The molecule has 1 amide bonds. The lowest BCUT2D eigenvalue weighted by atomic mass is 10.1. The molecular weight excluding hydrogens is 391 g/mol.